The molecule has 0 radical (unpaired) electrons. The minimum Gasteiger partial charge on any atom is -0.307 e. The summed E-state index contributed by atoms with van der Waals surface area (Å²) in [6, 6.07) is 22.0. The molecule has 0 aliphatic heterocycles. The maximum absolute atomic E-state index is 4.59. The maximum Gasteiger partial charge on any atom is 0.249 e. The first-order valence-corrected chi connectivity index (χ1v) is 9.29. The van der Waals surface area contributed by atoms with Gasteiger partial charge in [-0.25, -0.2) is 14.5 Å². The minimum absolute atomic E-state index is 0.511. The number of nitrogens with one attached hydrogen (secondary N) is 1. The van der Waals surface area contributed by atoms with Gasteiger partial charge in [0, 0.05) is 22.6 Å². The standard InChI is InChI=1S/C20H14N6S/c1-3-7-14(8-4-1)16-11-18(22-13-21-16)23-19-24-20-26(25-19)17(12-27-20)15-9-5-2-6-10-15/h1-13H,(H,21,22,23,25). The number of rotatable bonds is 4. The number of anilines is 2. The Morgan fingerprint density at radius 3 is 2.37 bits per heavy atom. The molecule has 0 saturated carbocycles. The highest BCUT2D eigenvalue weighted by Crippen LogP contribution is 2.26. The molecule has 0 amide bonds. The summed E-state index contributed by atoms with van der Waals surface area (Å²) in [5.41, 5.74) is 4.00. The van der Waals surface area contributed by atoms with Gasteiger partial charge in [-0.2, -0.15) is 4.98 Å². The van der Waals surface area contributed by atoms with Crippen molar-refractivity contribution in [3.05, 3.63) is 78.4 Å². The van der Waals surface area contributed by atoms with E-state index in [9.17, 15) is 0 Å². The van der Waals surface area contributed by atoms with Crippen LogP contribution in [0.5, 0.6) is 0 Å². The molecular formula is C20H14N6S. The summed E-state index contributed by atoms with van der Waals surface area (Å²) in [4.78, 5) is 14.0. The Labute approximate surface area is 159 Å². The molecule has 2 aromatic carbocycles. The van der Waals surface area contributed by atoms with Gasteiger partial charge in [-0.15, -0.1) is 16.4 Å². The smallest absolute Gasteiger partial charge is 0.249 e. The van der Waals surface area contributed by atoms with Crippen molar-refractivity contribution in [1.82, 2.24) is 24.6 Å². The lowest BCUT2D eigenvalue weighted by atomic mass is 10.1. The van der Waals surface area contributed by atoms with Gasteiger partial charge in [-0.3, -0.25) is 0 Å². The lowest BCUT2D eigenvalue weighted by Crippen LogP contribution is -1.98. The van der Waals surface area contributed by atoms with Crippen molar-refractivity contribution in [3.8, 4) is 22.5 Å². The number of hydrogen-bond donors (Lipinski definition) is 1. The molecule has 0 spiro atoms. The van der Waals surface area contributed by atoms with E-state index in [2.05, 4.69) is 42.9 Å². The zero-order valence-electron chi connectivity index (χ0n) is 14.1. The van der Waals surface area contributed by atoms with Crippen LogP contribution in [0.25, 0.3) is 27.5 Å². The predicted octanol–water partition coefficient (Wildman–Crippen LogP) is 4.66. The third-order valence-corrected chi connectivity index (χ3v) is 4.94. The van der Waals surface area contributed by atoms with Gasteiger partial charge >= 0.3 is 0 Å². The molecule has 0 aliphatic carbocycles. The Morgan fingerprint density at radius 1 is 0.852 bits per heavy atom. The van der Waals surface area contributed by atoms with Gasteiger partial charge in [-0.1, -0.05) is 60.7 Å². The molecule has 7 heteroatoms. The van der Waals surface area contributed by atoms with Crippen molar-refractivity contribution >= 4 is 28.1 Å². The van der Waals surface area contributed by atoms with Crippen molar-refractivity contribution < 1.29 is 0 Å². The second-order valence-corrected chi connectivity index (χ2v) is 6.73. The summed E-state index contributed by atoms with van der Waals surface area (Å²) in [5.74, 6) is 1.17. The molecule has 6 nitrogen and oxygen atoms in total. The fourth-order valence-corrected chi connectivity index (χ4v) is 3.68. The molecule has 27 heavy (non-hydrogen) atoms. The second-order valence-electron chi connectivity index (χ2n) is 5.90. The number of aromatic nitrogens is 5. The third-order valence-electron chi connectivity index (χ3n) is 4.13. The van der Waals surface area contributed by atoms with Crippen LogP contribution in [0.1, 0.15) is 0 Å². The Kier molecular flexibility index (Phi) is 3.84. The van der Waals surface area contributed by atoms with Crippen LogP contribution >= 0.6 is 11.3 Å². The number of hydrogen-bond acceptors (Lipinski definition) is 6. The van der Waals surface area contributed by atoms with Crippen LogP contribution in [0, 0.1) is 0 Å². The van der Waals surface area contributed by atoms with E-state index in [1.165, 1.54) is 0 Å². The van der Waals surface area contributed by atoms with E-state index in [1.54, 1.807) is 17.7 Å². The first-order valence-electron chi connectivity index (χ1n) is 8.41. The van der Waals surface area contributed by atoms with Crippen molar-refractivity contribution in [2.24, 2.45) is 0 Å². The van der Waals surface area contributed by atoms with Gasteiger partial charge in [0.25, 0.3) is 0 Å². The van der Waals surface area contributed by atoms with Crippen LogP contribution in [0.2, 0.25) is 0 Å². The van der Waals surface area contributed by atoms with Crippen LogP contribution < -0.4 is 5.32 Å². The van der Waals surface area contributed by atoms with Gasteiger partial charge < -0.3 is 5.32 Å². The van der Waals surface area contributed by atoms with E-state index in [0.29, 0.717) is 11.8 Å². The summed E-state index contributed by atoms with van der Waals surface area (Å²) < 4.78 is 1.85. The molecule has 0 atom stereocenters. The highest BCUT2D eigenvalue weighted by Gasteiger charge is 2.12. The molecular weight excluding hydrogens is 356 g/mol. The average molecular weight is 370 g/mol. The summed E-state index contributed by atoms with van der Waals surface area (Å²) >= 11 is 1.56. The van der Waals surface area contributed by atoms with Gasteiger partial charge in [0.15, 0.2) is 0 Å². The SMILES string of the molecule is c1ccc(-c2cc(Nc3nc4scc(-c5ccccc5)n4n3)ncn2)cc1. The van der Waals surface area contributed by atoms with E-state index >= 15 is 0 Å². The molecule has 0 fully saturated rings. The Morgan fingerprint density at radius 2 is 1.59 bits per heavy atom. The minimum atomic E-state index is 0.511. The summed E-state index contributed by atoms with van der Waals surface area (Å²) in [5, 5.41) is 9.83. The lowest BCUT2D eigenvalue weighted by Gasteiger charge is -2.04. The van der Waals surface area contributed by atoms with Gasteiger partial charge in [0.05, 0.1) is 11.4 Å². The van der Waals surface area contributed by atoms with Gasteiger partial charge in [0.1, 0.15) is 12.1 Å². The third kappa shape index (κ3) is 3.04. The zero-order chi connectivity index (χ0) is 18.1. The van der Waals surface area contributed by atoms with Gasteiger partial charge in [0.2, 0.25) is 10.9 Å². The van der Waals surface area contributed by atoms with E-state index in [1.807, 2.05) is 59.1 Å². The fraction of sp³-hybridized carbons (Fsp3) is 0. The van der Waals surface area contributed by atoms with Crippen molar-refractivity contribution in [2.45, 2.75) is 0 Å². The Bertz CT molecular complexity index is 1200. The molecule has 0 aliphatic rings. The molecule has 3 heterocycles. The first-order chi connectivity index (χ1) is 13.4. The molecule has 1 N–H and O–H groups in total. The van der Waals surface area contributed by atoms with Crippen LogP contribution in [-0.4, -0.2) is 24.6 Å². The predicted molar refractivity (Wildman–Crippen MR) is 107 cm³/mol. The molecule has 3 aromatic heterocycles. The second kappa shape index (κ2) is 6.62. The first kappa shape index (κ1) is 15.7. The van der Waals surface area contributed by atoms with E-state index in [0.717, 1.165) is 27.5 Å². The van der Waals surface area contributed by atoms with Crippen molar-refractivity contribution in [3.63, 3.8) is 0 Å². The average Bonchev–Trinajstić information content (AvgIpc) is 3.30. The normalized spacial score (nSPS) is 11.0. The molecule has 130 valence electrons. The van der Waals surface area contributed by atoms with E-state index < -0.39 is 0 Å². The molecule has 0 bridgehead atoms. The van der Waals surface area contributed by atoms with Gasteiger partial charge in [-0.05, 0) is 0 Å². The number of nitrogens with zero attached hydrogens (tertiary/aromatic N) is 5. The number of fused-ring (bicyclic) bond motifs is 1. The maximum atomic E-state index is 4.59. The number of benzene rings is 2. The van der Waals surface area contributed by atoms with Crippen LogP contribution in [-0.2, 0) is 0 Å². The quantitative estimate of drug-likeness (QED) is 0.498. The monoisotopic (exact) mass is 370 g/mol. The van der Waals surface area contributed by atoms with Crippen LogP contribution in [0.15, 0.2) is 78.4 Å². The molecule has 5 aromatic rings. The summed E-state index contributed by atoms with van der Waals surface area (Å²) in [6.45, 7) is 0. The number of thiazole rings is 1. The van der Waals surface area contributed by atoms with Crippen LogP contribution in [0.3, 0.4) is 0 Å². The lowest BCUT2D eigenvalue weighted by molar-refractivity contribution is 0.986. The van der Waals surface area contributed by atoms with Crippen molar-refractivity contribution in [2.75, 3.05) is 5.32 Å². The molecule has 0 saturated heterocycles. The van der Waals surface area contributed by atoms with E-state index in [4.69, 9.17) is 0 Å². The Hall–Kier alpha value is -3.58. The fourth-order valence-electron chi connectivity index (χ4n) is 2.85. The van der Waals surface area contributed by atoms with Crippen molar-refractivity contribution in [1.29, 1.82) is 0 Å². The topological polar surface area (TPSA) is 68.0 Å². The highest BCUT2D eigenvalue weighted by atomic mass is 32.1. The summed E-state index contributed by atoms with van der Waals surface area (Å²) in [7, 11) is 0. The van der Waals surface area contributed by atoms with E-state index in [-0.39, 0.29) is 0 Å². The largest absolute Gasteiger partial charge is 0.307 e. The molecule has 5 rings (SSSR count). The van der Waals surface area contributed by atoms with Crippen LogP contribution in [0.4, 0.5) is 11.8 Å². The summed E-state index contributed by atoms with van der Waals surface area (Å²) in [6.07, 6.45) is 1.54. The Balaban J connectivity index is 1.46. The highest BCUT2D eigenvalue weighted by molar-refractivity contribution is 7.15. The molecule has 0 unspecified atom stereocenters. The zero-order valence-corrected chi connectivity index (χ0v) is 15.0.